The predicted octanol–water partition coefficient (Wildman–Crippen LogP) is 3.55. The lowest BCUT2D eigenvalue weighted by molar-refractivity contribution is -0.133. The number of hydrogen-bond acceptors (Lipinski definition) is 9. The molecular formula is C31H30O9. The minimum atomic E-state index is -1.32. The van der Waals surface area contributed by atoms with Gasteiger partial charge in [-0.25, -0.2) is 0 Å². The SMILES string of the molecule is COc1cccc(CC(=O)Oc2ccc3c4c(oc3c2)C(C)(C)c2cc(OC[C@@H](O)[C@H](O)CO)ccc2C4=O)c1. The van der Waals surface area contributed by atoms with Crippen LogP contribution in [0.1, 0.15) is 46.7 Å². The average Bonchev–Trinajstić information content (AvgIpc) is 3.34. The molecule has 1 aliphatic carbocycles. The minimum absolute atomic E-state index is 0.0606. The van der Waals surface area contributed by atoms with Gasteiger partial charge in [0, 0.05) is 22.4 Å². The van der Waals surface area contributed by atoms with Crippen molar-refractivity contribution >= 4 is 22.7 Å². The van der Waals surface area contributed by atoms with Gasteiger partial charge in [-0.15, -0.1) is 0 Å². The Labute approximate surface area is 230 Å². The van der Waals surface area contributed by atoms with Crippen LogP contribution in [-0.4, -0.2) is 59.6 Å². The molecule has 3 aromatic carbocycles. The molecule has 1 heterocycles. The van der Waals surface area contributed by atoms with Crippen LogP contribution >= 0.6 is 0 Å². The molecule has 0 saturated heterocycles. The van der Waals surface area contributed by atoms with Crippen molar-refractivity contribution in [3.8, 4) is 17.2 Å². The molecule has 0 aliphatic heterocycles. The van der Waals surface area contributed by atoms with E-state index in [1.165, 1.54) is 0 Å². The lowest BCUT2D eigenvalue weighted by atomic mass is 9.71. The first-order valence-corrected chi connectivity index (χ1v) is 12.8. The van der Waals surface area contributed by atoms with Crippen molar-refractivity contribution in [1.29, 1.82) is 0 Å². The van der Waals surface area contributed by atoms with E-state index in [0.29, 0.717) is 50.7 Å². The van der Waals surface area contributed by atoms with Crippen LogP contribution < -0.4 is 14.2 Å². The van der Waals surface area contributed by atoms with Crippen LogP contribution in [-0.2, 0) is 16.6 Å². The molecule has 1 aliphatic rings. The van der Waals surface area contributed by atoms with Crippen molar-refractivity contribution < 1.29 is 43.5 Å². The third kappa shape index (κ3) is 5.06. The molecule has 40 heavy (non-hydrogen) atoms. The Morgan fingerprint density at radius 1 is 0.975 bits per heavy atom. The second-order valence-electron chi connectivity index (χ2n) is 10.3. The first-order chi connectivity index (χ1) is 19.1. The highest BCUT2D eigenvalue weighted by Gasteiger charge is 2.42. The van der Waals surface area contributed by atoms with Gasteiger partial charge in [0.1, 0.15) is 47.4 Å². The van der Waals surface area contributed by atoms with E-state index in [-0.39, 0.29) is 18.8 Å². The van der Waals surface area contributed by atoms with E-state index in [0.717, 1.165) is 5.56 Å². The summed E-state index contributed by atoms with van der Waals surface area (Å²) in [6, 6.07) is 17.2. The van der Waals surface area contributed by atoms with Gasteiger partial charge in [-0.3, -0.25) is 9.59 Å². The van der Waals surface area contributed by atoms with Gasteiger partial charge in [-0.1, -0.05) is 12.1 Å². The number of ketones is 1. The number of ether oxygens (including phenoxy) is 3. The van der Waals surface area contributed by atoms with Crippen LogP contribution in [0.5, 0.6) is 17.2 Å². The first-order valence-electron chi connectivity index (χ1n) is 12.8. The number of aliphatic hydroxyl groups excluding tert-OH is 3. The fraction of sp³-hybridized carbons (Fsp3) is 0.290. The molecule has 3 N–H and O–H groups in total. The van der Waals surface area contributed by atoms with Crippen LogP contribution in [0.15, 0.2) is 65.1 Å². The molecule has 9 heteroatoms. The molecule has 9 nitrogen and oxygen atoms in total. The number of methoxy groups -OCH3 is 1. The number of furan rings is 1. The molecule has 1 aromatic heterocycles. The smallest absolute Gasteiger partial charge is 0.315 e. The summed E-state index contributed by atoms with van der Waals surface area (Å²) in [5.74, 6) is 1.18. The second-order valence-corrected chi connectivity index (χ2v) is 10.3. The molecule has 0 saturated carbocycles. The number of benzene rings is 3. The van der Waals surface area contributed by atoms with E-state index >= 15 is 0 Å². The van der Waals surface area contributed by atoms with Gasteiger partial charge >= 0.3 is 5.97 Å². The Hall–Kier alpha value is -4.18. The van der Waals surface area contributed by atoms with Crippen molar-refractivity contribution in [2.45, 2.75) is 37.9 Å². The molecule has 0 fully saturated rings. The van der Waals surface area contributed by atoms with Gasteiger partial charge in [0.15, 0.2) is 5.78 Å². The topological polar surface area (TPSA) is 136 Å². The zero-order valence-electron chi connectivity index (χ0n) is 22.3. The van der Waals surface area contributed by atoms with E-state index in [9.17, 15) is 19.8 Å². The zero-order chi connectivity index (χ0) is 28.6. The summed E-state index contributed by atoms with van der Waals surface area (Å²) < 4.78 is 22.6. The summed E-state index contributed by atoms with van der Waals surface area (Å²) in [5, 5.41) is 29.1. The van der Waals surface area contributed by atoms with Crippen LogP contribution in [0.3, 0.4) is 0 Å². The summed E-state index contributed by atoms with van der Waals surface area (Å²) in [6.07, 6.45) is -2.53. The highest BCUT2D eigenvalue weighted by atomic mass is 16.5. The van der Waals surface area contributed by atoms with Gasteiger partial charge in [0.05, 0.1) is 25.7 Å². The van der Waals surface area contributed by atoms with Gasteiger partial charge in [0.25, 0.3) is 0 Å². The number of carbonyl (C=O) groups excluding carboxylic acids is 2. The van der Waals surface area contributed by atoms with Crippen molar-refractivity contribution in [3.63, 3.8) is 0 Å². The van der Waals surface area contributed by atoms with Gasteiger partial charge in [-0.2, -0.15) is 0 Å². The van der Waals surface area contributed by atoms with E-state index < -0.39 is 30.2 Å². The quantitative estimate of drug-likeness (QED) is 0.213. The highest BCUT2D eigenvalue weighted by Crippen LogP contribution is 2.46. The minimum Gasteiger partial charge on any atom is -0.497 e. The summed E-state index contributed by atoms with van der Waals surface area (Å²) in [4.78, 5) is 26.2. The van der Waals surface area contributed by atoms with Crippen LogP contribution in [0.2, 0.25) is 0 Å². The van der Waals surface area contributed by atoms with Crippen LogP contribution in [0, 0.1) is 0 Å². The second kappa shape index (κ2) is 10.8. The molecule has 0 bridgehead atoms. The van der Waals surface area contributed by atoms with Crippen molar-refractivity contribution in [3.05, 3.63) is 88.7 Å². The molecule has 5 rings (SSSR count). The van der Waals surface area contributed by atoms with Crippen LogP contribution in [0.25, 0.3) is 11.0 Å². The fourth-order valence-electron chi connectivity index (χ4n) is 4.92. The molecule has 0 unspecified atom stereocenters. The molecule has 4 aromatic rings. The van der Waals surface area contributed by atoms with Gasteiger partial charge < -0.3 is 33.9 Å². The Morgan fingerprint density at radius 2 is 1.75 bits per heavy atom. The molecular weight excluding hydrogens is 516 g/mol. The Balaban J connectivity index is 1.40. The molecule has 0 spiro atoms. The number of fused-ring (bicyclic) bond motifs is 4. The Morgan fingerprint density at radius 3 is 2.50 bits per heavy atom. The van der Waals surface area contributed by atoms with Crippen molar-refractivity contribution in [2.24, 2.45) is 0 Å². The lowest BCUT2D eigenvalue weighted by Gasteiger charge is -2.31. The normalized spacial score (nSPS) is 15.2. The maximum absolute atomic E-state index is 13.6. The lowest BCUT2D eigenvalue weighted by Crippen LogP contribution is -2.34. The molecule has 0 radical (unpaired) electrons. The summed E-state index contributed by atoms with van der Waals surface area (Å²) in [7, 11) is 1.56. The monoisotopic (exact) mass is 546 g/mol. The first kappa shape index (κ1) is 27.4. The third-order valence-corrected chi connectivity index (χ3v) is 7.13. The van der Waals surface area contributed by atoms with Crippen LogP contribution in [0.4, 0.5) is 0 Å². The number of aliphatic hydroxyl groups is 3. The van der Waals surface area contributed by atoms with E-state index in [2.05, 4.69) is 0 Å². The van der Waals surface area contributed by atoms with Crippen molar-refractivity contribution in [2.75, 3.05) is 20.3 Å². The number of hydrogen-bond donors (Lipinski definition) is 3. The fourth-order valence-corrected chi connectivity index (χ4v) is 4.92. The number of carbonyl (C=O) groups is 2. The van der Waals surface area contributed by atoms with E-state index in [1.54, 1.807) is 61.7 Å². The highest BCUT2D eigenvalue weighted by molar-refractivity contribution is 6.19. The molecule has 208 valence electrons. The average molecular weight is 547 g/mol. The Bertz CT molecular complexity index is 1580. The third-order valence-electron chi connectivity index (χ3n) is 7.13. The zero-order valence-corrected chi connectivity index (χ0v) is 22.3. The summed E-state index contributed by atoms with van der Waals surface area (Å²) in [5.41, 5.74) is 2.09. The maximum atomic E-state index is 13.6. The predicted molar refractivity (Wildman–Crippen MR) is 145 cm³/mol. The summed E-state index contributed by atoms with van der Waals surface area (Å²) >= 11 is 0. The summed E-state index contributed by atoms with van der Waals surface area (Å²) in [6.45, 7) is 3.05. The van der Waals surface area contributed by atoms with Gasteiger partial charge in [-0.05, 0) is 67.4 Å². The molecule has 2 atom stereocenters. The van der Waals surface area contributed by atoms with E-state index in [1.807, 2.05) is 19.9 Å². The van der Waals surface area contributed by atoms with Gasteiger partial charge in [0.2, 0.25) is 0 Å². The van der Waals surface area contributed by atoms with E-state index in [4.69, 9.17) is 23.7 Å². The number of rotatable bonds is 9. The molecule has 0 amide bonds. The maximum Gasteiger partial charge on any atom is 0.315 e. The largest absolute Gasteiger partial charge is 0.497 e. The standard InChI is InChI=1S/C31H30O9/c1-31(2)23-13-19(38-16-25(34)24(33)15-32)7-9-21(23)29(36)28-22-10-8-20(14-26(22)40-30(28)31)39-27(35)12-17-5-4-6-18(11-17)37-3/h4-11,13-14,24-25,32-34H,12,15-16H2,1-3H3/t24-,25-/m1/s1. The number of esters is 1. The Kier molecular flexibility index (Phi) is 7.37. The van der Waals surface area contributed by atoms with Crippen molar-refractivity contribution in [1.82, 2.24) is 0 Å².